The van der Waals surface area contributed by atoms with Gasteiger partial charge in [0.15, 0.2) is 0 Å². The molecule has 0 bridgehead atoms. The van der Waals surface area contributed by atoms with Crippen LogP contribution in [0.3, 0.4) is 0 Å². The highest BCUT2D eigenvalue weighted by Crippen LogP contribution is 2.32. The molecule has 4 aromatic rings. The van der Waals surface area contributed by atoms with Crippen LogP contribution in [0.1, 0.15) is 48.1 Å². The van der Waals surface area contributed by atoms with E-state index >= 15 is 0 Å². The molecule has 0 fully saturated rings. The van der Waals surface area contributed by atoms with Crippen LogP contribution in [0.15, 0.2) is 66.7 Å². The van der Waals surface area contributed by atoms with Crippen molar-refractivity contribution in [1.82, 2.24) is 0 Å². The van der Waals surface area contributed by atoms with Crippen LogP contribution in [-0.2, 0) is 12.8 Å². The van der Waals surface area contributed by atoms with E-state index in [1.54, 1.807) is 24.3 Å². The zero-order valence-corrected chi connectivity index (χ0v) is 22.7. The molecule has 0 saturated carbocycles. The van der Waals surface area contributed by atoms with Crippen molar-refractivity contribution in [3.05, 3.63) is 124 Å². The van der Waals surface area contributed by atoms with Gasteiger partial charge >= 0.3 is 6.18 Å². The third kappa shape index (κ3) is 7.67. The maximum absolute atomic E-state index is 14.9. The standard InChI is InChI=1S/C33H25F9O/c1-2-3-31(43)20-7-5-19(6-8-20)21-14-25(34)23(26(35)15-21)9-4-18-12-29(38)32(30(39)13-18)22-16-27(36)24(28(37)17-22)10-11-33(40,41)42/h5-8,10-17,31,43H,2-4,9H2,1H3/b11-10+. The van der Waals surface area contributed by atoms with E-state index in [4.69, 9.17) is 0 Å². The largest absolute Gasteiger partial charge is 0.409 e. The molecule has 0 aromatic heterocycles. The lowest BCUT2D eigenvalue weighted by molar-refractivity contribution is -0.0790. The molecule has 1 nitrogen and oxygen atoms in total. The Hall–Kier alpha value is -4.05. The molecular weight excluding hydrogens is 583 g/mol. The predicted molar refractivity (Wildman–Crippen MR) is 146 cm³/mol. The van der Waals surface area contributed by atoms with Gasteiger partial charge in [-0.3, -0.25) is 0 Å². The molecule has 1 atom stereocenters. The van der Waals surface area contributed by atoms with Crippen LogP contribution in [0.25, 0.3) is 28.3 Å². The summed E-state index contributed by atoms with van der Waals surface area (Å²) in [5.74, 6) is -7.11. The molecule has 10 heteroatoms. The van der Waals surface area contributed by atoms with E-state index in [2.05, 4.69) is 0 Å². The number of aliphatic hydroxyl groups is 1. The Morgan fingerprint density at radius 3 is 1.72 bits per heavy atom. The van der Waals surface area contributed by atoms with Crippen molar-refractivity contribution in [2.45, 2.75) is 44.9 Å². The number of benzene rings is 4. The van der Waals surface area contributed by atoms with Crippen molar-refractivity contribution in [3.8, 4) is 22.3 Å². The lowest BCUT2D eigenvalue weighted by Crippen LogP contribution is -2.03. The van der Waals surface area contributed by atoms with Gasteiger partial charge < -0.3 is 5.11 Å². The second-order valence-corrected chi connectivity index (χ2v) is 10.0. The van der Waals surface area contributed by atoms with Gasteiger partial charge in [0.1, 0.15) is 34.9 Å². The third-order valence-corrected chi connectivity index (χ3v) is 6.90. The number of hydrogen-bond donors (Lipinski definition) is 1. The van der Waals surface area contributed by atoms with Gasteiger partial charge in [0, 0.05) is 17.2 Å². The van der Waals surface area contributed by atoms with Gasteiger partial charge in [-0.05, 0) is 89.6 Å². The Morgan fingerprint density at radius 2 is 1.21 bits per heavy atom. The van der Waals surface area contributed by atoms with Crippen LogP contribution < -0.4 is 0 Å². The number of halogens is 9. The van der Waals surface area contributed by atoms with E-state index in [-0.39, 0.29) is 41.7 Å². The molecule has 0 aliphatic rings. The molecule has 226 valence electrons. The van der Waals surface area contributed by atoms with Crippen LogP contribution in [0.2, 0.25) is 0 Å². The average Bonchev–Trinajstić information content (AvgIpc) is 2.91. The predicted octanol–water partition coefficient (Wildman–Crippen LogP) is 10.0. The van der Waals surface area contributed by atoms with Gasteiger partial charge in [0.05, 0.1) is 11.7 Å². The van der Waals surface area contributed by atoms with E-state index in [9.17, 15) is 44.6 Å². The topological polar surface area (TPSA) is 20.2 Å². The van der Waals surface area contributed by atoms with E-state index in [0.717, 1.165) is 30.7 Å². The Balaban J connectivity index is 1.53. The van der Waals surface area contributed by atoms with Gasteiger partial charge in [-0.25, -0.2) is 26.3 Å². The lowest BCUT2D eigenvalue weighted by atomic mass is 9.96. The fourth-order valence-electron chi connectivity index (χ4n) is 4.73. The maximum atomic E-state index is 14.9. The summed E-state index contributed by atoms with van der Waals surface area (Å²) < 4.78 is 125. The highest BCUT2D eigenvalue weighted by Gasteiger charge is 2.24. The van der Waals surface area contributed by atoms with Crippen LogP contribution >= 0.6 is 0 Å². The van der Waals surface area contributed by atoms with Gasteiger partial charge in [0.25, 0.3) is 0 Å². The van der Waals surface area contributed by atoms with E-state index in [1.165, 1.54) is 0 Å². The van der Waals surface area contributed by atoms with Crippen molar-refractivity contribution >= 4 is 6.08 Å². The summed E-state index contributed by atoms with van der Waals surface area (Å²) in [5.41, 5.74) is -1.27. The summed E-state index contributed by atoms with van der Waals surface area (Å²) in [7, 11) is 0. The van der Waals surface area contributed by atoms with Crippen LogP contribution in [0.5, 0.6) is 0 Å². The van der Waals surface area contributed by atoms with Crippen molar-refractivity contribution < 1.29 is 44.6 Å². The minimum absolute atomic E-state index is 0.00790. The number of alkyl halides is 3. The van der Waals surface area contributed by atoms with Gasteiger partial charge in [-0.1, -0.05) is 37.6 Å². The molecule has 0 heterocycles. The molecule has 1 N–H and O–H groups in total. The Labute approximate surface area is 241 Å². The monoisotopic (exact) mass is 608 g/mol. The number of rotatable bonds is 9. The molecule has 0 saturated heterocycles. The number of allylic oxidation sites excluding steroid dienone is 1. The second kappa shape index (κ2) is 13.1. The smallest absolute Gasteiger partial charge is 0.388 e. The van der Waals surface area contributed by atoms with E-state index in [0.29, 0.717) is 29.7 Å². The summed E-state index contributed by atoms with van der Waals surface area (Å²) in [6.07, 6.45) is -4.76. The fourth-order valence-corrected chi connectivity index (χ4v) is 4.73. The van der Waals surface area contributed by atoms with Crippen molar-refractivity contribution in [3.63, 3.8) is 0 Å². The average molecular weight is 609 g/mol. The lowest BCUT2D eigenvalue weighted by Gasteiger charge is -2.13. The molecule has 0 aliphatic heterocycles. The van der Waals surface area contributed by atoms with Crippen molar-refractivity contribution in [2.75, 3.05) is 0 Å². The molecule has 0 spiro atoms. The van der Waals surface area contributed by atoms with Crippen molar-refractivity contribution in [1.29, 1.82) is 0 Å². The fraction of sp³-hybridized carbons (Fsp3) is 0.212. The summed E-state index contributed by atoms with van der Waals surface area (Å²) >= 11 is 0. The number of aliphatic hydroxyl groups excluding tert-OH is 1. The van der Waals surface area contributed by atoms with Gasteiger partial charge in [-0.2, -0.15) is 13.2 Å². The van der Waals surface area contributed by atoms with Gasteiger partial charge in [0.2, 0.25) is 0 Å². The Morgan fingerprint density at radius 1 is 0.674 bits per heavy atom. The highest BCUT2D eigenvalue weighted by molar-refractivity contribution is 5.68. The third-order valence-electron chi connectivity index (χ3n) is 6.90. The Kier molecular flexibility index (Phi) is 9.69. The Bertz CT molecular complexity index is 1570. The second-order valence-electron chi connectivity index (χ2n) is 10.0. The van der Waals surface area contributed by atoms with E-state index in [1.807, 2.05) is 6.92 Å². The molecule has 0 aliphatic carbocycles. The van der Waals surface area contributed by atoms with Crippen molar-refractivity contribution in [2.24, 2.45) is 0 Å². The van der Waals surface area contributed by atoms with Crippen LogP contribution in [-0.4, -0.2) is 11.3 Å². The summed E-state index contributed by atoms with van der Waals surface area (Å²) in [6, 6.07) is 11.6. The van der Waals surface area contributed by atoms with Gasteiger partial charge in [-0.15, -0.1) is 0 Å². The van der Waals surface area contributed by atoms with Crippen LogP contribution in [0, 0.1) is 34.9 Å². The maximum Gasteiger partial charge on any atom is 0.409 e. The molecule has 0 amide bonds. The SMILES string of the molecule is CCCC(O)c1ccc(-c2cc(F)c(CCc3cc(F)c(-c4cc(F)c(/C=C/C(F)(F)F)c(F)c4)c(F)c3)c(F)c2)cc1. The minimum Gasteiger partial charge on any atom is -0.388 e. The number of hydrogen-bond acceptors (Lipinski definition) is 1. The molecule has 4 rings (SSSR count). The molecule has 0 radical (unpaired) electrons. The molecule has 1 unspecified atom stereocenters. The number of aryl methyl sites for hydroxylation is 1. The first kappa shape index (κ1) is 31.9. The normalized spacial score (nSPS) is 12.7. The van der Waals surface area contributed by atoms with Crippen LogP contribution in [0.4, 0.5) is 39.5 Å². The first-order chi connectivity index (χ1) is 20.3. The molecular formula is C33H25F9O. The quantitative estimate of drug-likeness (QED) is 0.188. The molecule has 4 aromatic carbocycles. The zero-order chi connectivity index (χ0) is 31.5. The molecule has 43 heavy (non-hydrogen) atoms. The summed E-state index contributed by atoms with van der Waals surface area (Å²) in [4.78, 5) is 0. The first-order valence-corrected chi connectivity index (χ1v) is 13.3. The summed E-state index contributed by atoms with van der Waals surface area (Å²) in [5, 5.41) is 10.1. The highest BCUT2D eigenvalue weighted by atomic mass is 19.4. The first-order valence-electron chi connectivity index (χ1n) is 13.3. The zero-order valence-electron chi connectivity index (χ0n) is 22.7. The summed E-state index contributed by atoms with van der Waals surface area (Å²) in [6.45, 7) is 1.94. The van der Waals surface area contributed by atoms with E-state index < -0.39 is 63.9 Å². The minimum atomic E-state index is -4.83.